The van der Waals surface area contributed by atoms with Crippen LogP contribution in [0.4, 0.5) is 4.39 Å². The van der Waals surface area contributed by atoms with E-state index in [0.717, 1.165) is 29.5 Å². The van der Waals surface area contributed by atoms with Crippen LogP contribution < -0.4 is 10.6 Å². The number of esters is 1. The van der Waals surface area contributed by atoms with E-state index in [0.29, 0.717) is 34.5 Å². The average Bonchev–Trinajstić information content (AvgIpc) is 3.14. The van der Waals surface area contributed by atoms with Crippen LogP contribution in [0.1, 0.15) is 54.8 Å². The van der Waals surface area contributed by atoms with Crippen molar-refractivity contribution in [1.29, 1.82) is 0 Å². The van der Waals surface area contributed by atoms with Gasteiger partial charge in [-0.2, -0.15) is 0 Å². The molecule has 0 saturated heterocycles. The quantitative estimate of drug-likeness (QED) is 0.286. The molecule has 2 unspecified atom stereocenters. The number of hydrogen-bond acceptors (Lipinski definition) is 3. The number of carbonyl (C=O) groups is 1. The number of fused-ring (bicyclic) bond motifs is 1. The van der Waals surface area contributed by atoms with E-state index in [1.54, 1.807) is 24.3 Å². The van der Waals surface area contributed by atoms with E-state index in [1.807, 2.05) is 13.0 Å². The molecule has 0 fully saturated rings. The van der Waals surface area contributed by atoms with E-state index in [4.69, 9.17) is 40.2 Å². The lowest BCUT2D eigenvalue weighted by Crippen LogP contribution is -2.39. The van der Waals surface area contributed by atoms with Gasteiger partial charge in [0.2, 0.25) is 0 Å². The van der Waals surface area contributed by atoms with Crippen LogP contribution in [0, 0.1) is 5.82 Å². The number of rotatable bonds is 8. The minimum atomic E-state index is -0.440. The Bertz CT molecular complexity index is 957. The molecule has 1 aliphatic carbocycles. The highest BCUT2D eigenvalue weighted by molar-refractivity contribution is 7.80. The minimum absolute atomic E-state index is 0.0192. The van der Waals surface area contributed by atoms with Crippen LogP contribution in [0.15, 0.2) is 36.4 Å². The molecule has 8 heteroatoms. The van der Waals surface area contributed by atoms with E-state index >= 15 is 0 Å². The fraction of sp³-hybridized carbons (Fsp3) is 0.391. The van der Waals surface area contributed by atoms with Gasteiger partial charge in [0, 0.05) is 10.0 Å². The number of ether oxygens (including phenoxy) is 1. The first-order valence-corrected chi connectivity index (χ1v) is 11.5. The molecule has 0 bridgehead atoms. The molecule has 0 saturated carbocycles. The zero-order valence-electron chi connectivity index (χ0n) is 17.2. The molecule has 0 spiro atoms. The Balaban J connectivity index is 1.47. The van der Waals surface area contributed by atoms with Gasteiger partial charge in [-0.1, -0.05) is 54.7 Å². The van der Waals surface area contributed by atoms with Gasteiger partial charge in [-0.05, 0) is 66.4 Å². The summed E-state index contributed by atoms with van der Waals surface area (Å²) < 4.78 is 19.3. The van der Waals surface area contributed by atoms with Crippen molar-refractivity contribution in [3.8, 4) is 0 Å². The molecule has 0 aliphatic heterocycles. The second kappa shape index (κ2) is 11.1. The smallest absolute Gasteiger partial charge is 0.313 e. The molecule has 31 heavy (non-hydrogen) atoms. The molecule has 0 heterocycles. The third kappa shape index (κ3) is 6.09. The first-order chi connectivity index (χ1) is 14.9. The summed E-state index contributed by atoms with van der Waals surface area (Å²) in [5.74, 6) is -0.938. The summed E-state index contributed by atoms with van der Waals surface area (Å²) in [4.78, 5) is 12.6. The van der Waals surface area contributed by atoms with Crippen molar-refractivity contribution in [2.45, 2.75) is 44.6 Å². The van der Waals surface area contributed by atoms with E-state index in [1.165, 1.54) is 6.07 Å². The molecule has 2 aromatic carbocycles. The van der Waals surface area contributed by atoms with Gasteiger partial charge in [0.15, 0.2) is 5.11 Å². The van der Waals surface area contributed by atoms with E-state index in [-0.39, 0.29) is 24.4 Å². The van der Waals surface area contributed by atoms with Gasteiger partial charge in [-0.15, -0.1) is 0 Å². The van der Waals surface area contributed by atoms with Gasteiger partial charge in [0.1, 0.15) is 12.4 Å². The summed E-state index contributed by atoms with van der Waals surface area (Å²) in [6.45, 7) is 2.54. The molecule has 3 rings (SSSR count). The van der Waals surface area contributed by atoms with Crippen LogP contribution in [-0.4, -0.2) is 24.2 Å². The molecule has 1 aliphatic rings. The van der Waals surface area contributed by atoms with Gasteiger partial charge in [-0.25, -0.2) is 4.39 Å². The third-order valence-corrected chi connectivity index (χ3v) is 6.18. The maximum atomic E-state index is 13.9. The van der Waals surface area contributed by atoms with Crippen molar-refractivity contribution in [3.05, 3.63) is 69.0 Å². The third-order valence-electron chi connectivity index (χ3n) is 5.35. The predicted molar refractivity (Wildman–Crippen MR) is 126 cm³/mol. The highest BCUT2D eigenvalue weighted by atomic mass is 35.5. The number of halogens is 3. The Morgan fingerprint density at radius 2 is 2.13 bits per heavy atom. The number of carbonyl (C=O) groups excluding carboxylic acids is 1. The molecule has 2 aromatic rings. The Labute approximate surface area is 197 Å². The Morgan fingerprint density at radius 3 is 2.87 bits per heavy atom. The molecule has 2 N–H and O–H groups in total. The average molecular weight is 483 g/mol. The number of benzene rings is 2. The monoisotopic (exact) mass is 482 g/mol. The molecule has 166 valence electrons. The standard InChI is InChI=1S/C23H25Cl2FN2O2S/c1-2-4-18(15-8-7-14(24)13-19(15)25)22(29)30-12-11-27-23(31)28-21-10-9-16-17(21)5-3-6-20(16)26/h3,5-8,13,18,21H,2,4,9-12H2,1H3,(H2,27,28,31). The molecule has 0 radical (unpaired) electrons. The van der Waals surface area contributed by atoms with Crippen LogP contribution in [0.5, 0.6) is 0 Å². The molecular formula is C23H25Cl2FN2O2S. The van der Waals surface area contributed by atoms with E-state index in [9.17, 15) is 9.18 Å². The van der Waals surface area contributed by atoms with Gasteiger partial charge in [0.25, 0.3) is 0 Å². The van der Waals surface area contributed by atoms with Crippen LogP contribution in [0.3, 0.4) is 0 Å². The Morgan fingerprint density at radius 1 is 1.32 bits per heavy atom. The largest absolute Gasteiger partial charge is 0.463 e. The van der Waals surface area contributed by atoms with Gasteiger partial charge < -0.3 is 15.4 Å². The highest BCUT2D eigenvalue weighted by Gasteiger charge is 2.26. The summed E-state index contributed by atoms with van der Waals surface area (Å²) in [6, 6.07) is 10.2. The number of nitrogens with one attached hydrogen (secondary N) is 2. The van der Waals surface area contributed by atoms with E-state index < -0.39 is 5.92 Å². The predicted octanol–water partition coefficient (Wildman–Crippen LogP) is 5.71. The normalized spacial score (nSPS) is 15.8. The van der Waals surface area contributed by atoms with Crippen LogP contribution in [0.2, 0.25) is 10.0 Å². The number of thiocarbonyl (C=S) groups is 1. The maximum Gasteiger partial charge on any atom is 0.313 e. The van der Waals surface area contributed by atoms with Gasteiger partial charge in [0.05, 0.1) is 18.5 Å². The Kier molecular flexibility index (Phi) is 8.52. The second-order valence-electron chi connectivity index (χ2n) is 7.47. The van der Waals surface area contributed by atoms with Crippen LogP contribution in [0.25, 0.3) is 0 Å². The maximum absolute atomic E-state index is 13.9. The highest BCUT2D eigenvalue weighted by Crippen LogP contribution is 2.33. The van der Waals surface area contributed by atoms with Crippen molar-refractivity contribution >= 4 is 46.5 Å². The fourth-order valence-electron chi connectivity index (χ4n) is 3.86. The molecule has 0 amide bonds. The first-order valence-electron chi connectivity index (χ1n) is 10.3. The molecule has 0 aromatic heterocycles. The van der Waals surface area contributed by atoms with E-state index in [2.05, 4.69) is 10.6 Å². The molecule has 2 atom stereocenters. The van der Waals surface area contributed by atoms with Crippen molar-refractivity contribution in [1.82, 2.24) is 10.6 Å². The number of hydrogen-bond donors (Lipinski definition) is 2. The Hall–Kier alpha value is -1.89. The summed E-state index contributed by atoms with van der Waals surface area (Å²) in [7, 11) is 0. The van der Waals surface area contributed by atoms with Crippen LogP contribution in [-0.2, 0) is 16.0 Å². The zero-order chi connectivity index (χ0) is 22.4. The topological polar surface area (TPSA) is 50.4 Å². The summed E-state index contributed by atoms with van der Waals surface area (Å²) in [6.07, 6.45) is 2.92. The molecule has 4 nitrogen and oxygen atoms in total. The van der Waals surface area contributed by atoms with Crippen molar-refractivity contribution in [2.24, 2.45) is 0 Å². The summed E-state index contributed by atoms with van der Waals surface area (Å²) in [5, 5.41) is 7.69. The van der Waals surface area contributed by atoms with Crippen LogP contribution >= 0.6 is 35.4 Å². The van der Waals surface area contributed by atoms with Gasteiger partial charge in [-0.3, -0.25) is 4.79 Å². The SMILES string of the molecule is CCCC(C(=O)OCCNC(=S)NC1CCc2c(F)cccc21)c1ccc(Cl)cc1Cl. The summed E-state index contributed by atoms with van der Waals surface area (Å²) in [5.41, 5.74) is 2.41. The van der Waals surface area contributed by atoms with Crippen molar-refractivity contribution in [3.63, 3.8) is 0 Å². The fourth-order valence-corrected chi connectivity index (χ4v) is 4.64. The van der Waals surface area contributed by atoms with Crippen molar-refractivity contribution < 1.29 is 13.9 Å². The first kappa shape index (κ1) is 23.8. The molecular weight excluding hydrogens is 458 g/mol. The second-order valence-corrected chi connectivity index (χ2v) is 8.73. The summed E-state index contributed by atoms with van der Waals surface area (Å²) >= 11 is 17.6. The van der Waals surface area contributed by atoms with Crippen molar-refractivity contribution in [2.75, 3.05) is 13.2 Å². The lowest BCUT2D eigenvalue weighted by Gasteiger charge is -2.19. The lowest BCUT2D eigenvalue weighted by molar-refractivity contribution is -0.145. The zero-order valence-corrected chi connectivity index (χ0v) is 19.5. The van der Waals surface area contributed by atoms with Gasteiger partial charge >= 0.3 is 5.97 Å². The lowest BCUT2D eigenvalue weighted by atomic mass is 9.94. The minimum Gasteiger partial charge on any atom is -0.463 e.